The molecule has 2 rings (SSSR count). The topological polar surface area (TPSA) is 102 Å². The van der Waals surface area contributed by atoms with Crippen LogP contribution in [0.2, 0.25) is 0 Å². The summed E-state index contributed by atoms with van der Waals surface area (Å²) in [6, 6.07) is 9.02. The molecule has 0 aromatic heterocycles. The predicted octanol–water partition coefficient (Wildman–Crippen LogP) is 2.52. The summed E-state index contributed by atoms with van der Waals surface area (Å²) in [7, 11) is -1.95. The molecule has 0 aliphatic rings. The first-order valence-corrected chi connectivity index (χ1v) is 9.55. The molecule has 140 valence electrons. The van der Waals surface area contributed by atoms with Crippen LogP contribution in [-0.2, 0) is 14.6 Å². The van der Waals surface area contributed by atoms with Gasteiger partial charge in [0.2, 0.25) is 0 Å². The van der Waals surface area contributed by atoms with Crippen molar-refractivity contribution in [2.24, 2.45) is 0 Å². The molecule has 0 bridgehead atoms. The van der Waals surface area contributed by atoms with Crippen molar-refractivity contribution in [3.8, 4) is 17.2 Å². The fourth-order valence-corrected chi connectivity index (χ4v) is 3.11. The van der Waals surface area contributed by atoms with Crippen molar-refractivity contribution >= 4 is 21.4 Å². The minimum atomic E-state index is -3.45. The fraction of sp³-hybridized carbons (Fsp3) is 0.278. The lowest BCUT2D eigenvalue weighted by atomic mass is 10.2. The van der Waals surface area contributed by atoms with E-state index in [1.54, 1.807) is 12.1 Å². The number of rotatable bonds is 7. The molecule has 2 aromatic carbocycles. The summed E-state index contributed by atoms with van der Waals surface area (Å²) in [5.41, 5.74) is 0.988. The number of phenolic OH excluding ortho intramolecular Hbond substituents is 1. The van der Waals surface area contributed by atoms with Crippen molar-refractivity contribution in [2.75, 3.05) is 24.8 Å². The average Bonchev–Trinajstić information content (AvgIpc) is 2.62. The highest BCUT2D eigenvalue weighted by molar-refractivity contribution is 7.91. The summed E-state index contributed by atoms with van der Waals surface area (Å²) in [6.45, 7) is 3.09. The first-order chi connectivity index (χ1) is 12.3. The number of benzene rings is 2. The third-order valence-electron chi connectivity index (χ3n) is 3.66. The Morgan fingerprint density at radius 2 is 1.88 bits per heavy atom. The highest BCUT2D eigenvalue weighted by atomic mass is 32.2. The second-order valence-corrected chi connectivity index (χ2v) is 7.85. The molecular weight excluding hydrogens is 358 g/mol. The molecule has 0 atom stereocenters. The number of carbonyl (C=O) groups is 1. The molecule has 26 heavy (non-hydrogen) atoms. The molecule has 2 N–H and O–H groups in total. The molecule has 0 fully saturated rings. The molecule has 1 amide bonds. The van der Waals surface area contributed by atoms with E-state index in [0.29, 0.717) is 11.5 Å². The van der Waals surface area contributed by atoms with E-state index < -0.39 is 15.7 Å². The van der Waals surface area contributed by atoms with Gasteiger partial charge < -0.3 is 19.9 Å². The van der Waals surface area contributed by atoms with Crippen LogP contribution in [0.1, 0.15) is 12.5 Å². The van der Waals surface area contributed by atoms with Crippen LogP contribution in [0.5, 0.6) is 17.2 Å². The number of ether oxygens (including phenoxy) is 2. The van der Waals surface area contributed by atoms with Gasteiger partial charge in [0.1, 0.15) is 5.75 Å². The number of aryl methyl sites for hydroxylation is 1. The summed E-state index contributed by atoms with van der Waals surface area (Å²) in [6.07, 6.45) is 0. The van der Waals surface area contributed by atoms with E-state index in [9.17, 15) is 18.3 Å². The molecule has 0 heterocycles. The van der Waals surface area contributed by atoms with Gasteiger partial charge >= 0.3 is 0 Å². The standard InChI is InChI=1S/C18H21NO6S/c1-4-26(22,23)13-6-7-15(20)14(10-13)19-18(21)11-25-16-8-5-12(2)9-17(16)24-3/h5-10,20H,4,11H2,1-3H3,(H,19,21). The maximum Gasteiger partial charge on any atom is 0.262 e. The van der Waals surface area contributed by atoms with Crippen LogP contribution in [0.15, 0.2) is 41.3 Å². The Bertz CT molecular complexity index is 908. The lowest BCUT2D eigenvalue weighted by Crippen LogP contribution is -2.20. The Hall–Kier alpha value is -2.74. The fourth-order valence-electron chi connectivity index (χ4n) is 2.20. The van der Waals surface area contributed by atoms with Crippen LogP contribution < -0.4 is 14.8 Å². The molecule has 2 aromatic rings. The number of carbonyl (C=O) groups excluding carboxylic acids is 1. The Labute approximate surface area is 152 Å². The Balaban J connectivity index is 2.10. The zero-order chi connectivity index (χ0) is 19.3. The second kappa shape index (κ2) is 8.09. The zero-order valence-corrected chi connectivity index (χ0v) is 15.6. The summed E-state index contributed by atoms with van der Waals surface area (Å²) in [4.78, 5) is 12.1. The van der Waals surface area contributed by atoms with E-state index in [4.69, 9.17) is 9.47 Å². The van der Waals surface area contributed by atoms with E-state index in [1.165, 1.54) is 32.2 Å². The molecular formula is C18H21NO6S. The van der Waals surface area contributed by atoms with Gasteiger partial charge in [0.05, 0.1) is 23.4 Å². The van der Waals surface area contributed by atoms with Gasteiger partial charge in [-0.2, -0.15) is 0 Å². The van der Waals surface area contributed by atoms with Crippen molar-refractivity contribution in [3.63, 3.8) is 0 Å². The van der Waals surface area contributed by atoms with Crippen molar-refractivity contribution in [2.45, 2.75) is 18.7 Å². The number of methoxy groups -OCH3 is 1. The van der Waals surface area contributed by atoms with Gasteiger partial charge in [-0.25, -0.2) is 8.42 Å². The number of nitrogens with one attached hydrogen (secondary N) is 1. The molecule has 0 aliphatic carbocycles. The van der Waals surface area contributed by atoms with Gasteiger partial charge in [-0.15, -0.1) is 0 Å². The van der Waals surface area contributed by atoms with Crippen molar-refractivity contribution < 1.29 is 27.8 Å². The number of anilines is 1. The molecule has 0 aliphatic heterocycles. The smallest absolute Gasteiger partial charge is 0.262 e. The van der Waals surface area contributed by atoms with E-state index in [0.717, 1.165) is 5.56 Å². The minimum Gasteiger partial charge on any atom is -0.506 e. The summed E-state index contributed by atoms with van der Waals surface area (Å²) in [5, 5.41) is 12.3. The Kier molecular flexibility index (Phi) is 6.10. The van der Waals surface area contributed by atoms with Crippen LogP contribution in [0, 0.1) is 6.92 Å². The van der Waals surface area contributed by atoms with Gasteiger partial charge in [0.25, 0.3) is 5.91 Å². The summed E-state index contributed by atoms with van der Waals surface area (Å²) < 4.78 is 34.5. The minimum absolute atomic E-state index is 0.00370. The highest BCUT2D eigenvalue weighted by Gasteiger charge is 2.16. The Morgan fingerprint density at radius 3 is 2.54 bits per heavy atom. The third-order valence-corrected chi connectivity index (χ3v) is 5.39. The highest BCUT2D eigenvalue weighted by Crippen LogP contribution is 2.29. The van der Waals surface area contributed by atoms with Crippen molar-refractivity contribution in [3.05, 3.63) is 42.0 Å². The average molecular weight is 379 g/mol. The van der Waals surface area contributed by atoms with Crippen molar-refractivity contribution in [1.82, 2.24) is 0 Å². The van der Waals surface area contributed by atoms with Crippen LogP contribution in [0.4, 0.5) is 5.69 Å². The summed E-state index contributed by atoms with van der Waals surface area (Å²) in [5.74, 6) is 0.0355. The monoisotopic (exact) mass is 379 g/mol. The molecule has 0 radical (unpaired) electrons. The van der Waals surface area contributed by atoms with Gasteiger partial charge in [-0.3, -0.25) is 4.79 Å². The van der Waals surface area contributed by atoms with Crippen LogP contribution in [-0.4, -0.2) is 38.9 Å². The largest absolute Gasteiger partial charge is 0.506 e. The molecule has 0 unspecified atom stereocenters. The SMILES string of the molecule is CCS(=O)(=O)c1ccc(O)c(NC(=O)COc2ccc(C)cc2OC)c1. The molecule has 0 saturated heterocycles. The van der Waals surface area contributed by atoms with Crippen molar-refractivity contribution in [1.29, 1.82) is 0 Å². The predicted molar refractivity (Wildman–Crippen MR) is 97.7 cm³/mol. The maximum absolute atomic E-state index is 12.1. The molecule has 0 saturated carbocycles. The quantitative estimate of drug-likeness (QED) is 0.717. The van der Waals surface area contributed by atoms with Crippen LogP contribution >= 0.6 is 0 Å². The number of sulfone groups is 1. The number of aromatic hydroxyl groups is 1. The molecule has 7 nitrogen and oxygen atoms in total. The van der Waals surface area contributed by atoms with Crippen LogP contribution in [0.25, 0.3) is 0 Å². The Morgan fingerprint density at radius 1 is 1.15 bits per heavy atom. The van der Waals surface area contributed by atoms with E-state index in [1.807, 2.05) is 13.0 Å². The first-order valence-electron chi connectivity index (χ1n) is 7.90. The normalized spacial score (nSPS) is 11.0. The van der Waals surface area contributed by atoms with Gasteiger partial charge in [-0.05, 0) is 42.8 Å². The summed E-state index contributed by atoms with van der Waals surface area (Å²) >= 11 is 0. The third kappa shape index (κ3) is 4.66. The van der Waals surface area contributed by atoms with E-state index >= 15 is 0 Å². The van der Waals surface area contributed by atoms with Gasteiger partial charge in [-0.1, -0.05) is 13.0 Å². The van der Waals surface area contributed by atoms with E-state index in [-0.39, 0.29) is 28.7 Å². The maximum atomic E-state index is 12.1. The lowest BCUT2D eigenvalue weighted by molar-refractivity contribution is -0.118. The molecule has 0 spiro atoms. The number of hydrogen-bond acceptors (Lipinski definition) is 6. The number of amides is 1. The molecule has 8 heteroatoms. The lowest BCUT2D eigenvalue weighted by Gasteiger charge is -2.12. The zero-order valence-electron chi connectivity index (χ0n) is 14.8. The van der Waals surface area contributed by atoms with E-state index in [2.05, 4.69) is 5.32 Å². The number of hydrogen-bond donors (Lipinski definition) is 2. The first kappa shape index (κ1) is 19.6. The number of phenols is 1. The van der Waals surface area contributed by atoms with Gasteiger partial charge in [0, 0.05) is 0 Å². The second-order valence-electron chi connectivity index (χ2n) is 5.57. The van der Waals surface area contributed by atoms with Gasteiger partial charge in [0.15, 0.2) is 27.9 Å². The van der Waals surface area contributed by atoms with Crippen LogP contribution in [0.3, 0.4) is 0 Å².